The van der Waals surface area contributed by atoms with Gasteiger partial charge in [-0.25, -0.2) is 0 Å². The van der Waals surface area contributed by atoms with Crippen molar-refractivity contribution in [2.45, 2.75) is 26.8 Å². The molecule has 0 aliphatic heterocycles. The molecule has 1 unspecified atom stereocenters. The first-order chi connectivity index (χ1) is 6.06. The lowest BCUT2D eigenvalue weighted by Gasteiger charge is -2.16. The predicted molar refractivity (Wildman–Crippen MR) is 54.7 cm³/mol. The Hall–Kier alpha value is -0.860. The molecule has 0 saturated carbocycles. The van der Waals surface area contributed by atoms with Crippen LogP contribution in [-0.2, 0) is 0 Å². The third-order valence-corrected chi connectivity index (χ3v) is 2.31. The molecule has 0 heterocycles. The van der Waals surface area contributed by atoms with Gasteiger partial charge in [0.1, 0.15) is 0 Å². The van der Waals surface area contributed by atoms with Crippen molar-refractivity contribution in [3.63, 3.8) is 0 Å². The van der Waals surface area contributed by atoms with E-state index in [4.69, 9.17) is 10.8 Å². The number of nitrogens with two attached hydrogens (primary N) is 1. The maximum Gasteiger partial charge on any atom is 0.0624 e. The minimum absolute atomic E-state index is 0.00470. The fourth-order valence-electron chi connectivity index (χ4n) is 1.87. The standard InChI is InChI=1S/C11H17NO/c1-7-4-8(2)11(9(3)5-7)10(12)6-13/h4-5,10,13H,6,12H2,1-3H3. The topological polar surface area (TPSA) is 46.2 Å². The lowest BCUT2D eigenvalue weighted by Crippen LogP contribution is -2.17. The summed E-state index contributed by atoms with van der Waals surface area (Å²) in [4.78, 5) is 0. The molecule has 1 aromatic carbocycles. The Kier molecular flexibility index (Phi) is 3.07. The summed E-state index contributed by atoms with van der Waals surface area (Å²) in [5.41, 5.74) is 10.4. The highest BCUT2D eigenvalue weighted by atomic mass is 16.3. The molecule has 0 aliphatic rings. The van der Waals surface area contributed by atoms with Crippen molar-refractivity contribution in [1.82, 2.24) is 0 Å². The molecule has 0 saturated heterocycles. The summed E-state index contributed by atoms with van der Waals surface area (Å²) in [6.07, 6.45) is 0. The summed E-state index contributed by atoms with van der Waals surface area (Å²) in [6.45, 7) is 6.13. The van der Waals surface area contributed by atoms with E-state index in [-0.39, 0.29) is 12.6 Å². The first-order valence-electron chi connectivity index (χ1n) is 4.50. The summed E-state index contributed by atoms with van der Waals surface area (Å²) in [6, 6.07) is 3.94. The van der Waals surface area contributed by atoms with Crippen LogP contribution in [0.5, 0.6) is 0 Å². The molecule has 0 radical (unpaired) electrons. The van der Waals surface area contributed by atoms with Crippen LogP contribution < -0.4 is 5.73 Å². The molecule has 0 fully saturated rings. The molecule has 0 aliphatic carbocycles. The van der Waals surface area contributed by atoms with Crippen molar-refractivity contribution in [2.75, 3.05) is 6.61 Å². The minimum atomic E-state index is -0.249. The first kappa shape index (κ1) is 10.2. The minimum Gasteiger partial charge on any atom is -0.394 e. The van der Waals surface area contributed by atoms with Crippen LogP contribution in [0.2, 0.25) is 0 Å². The summed E-state index contributed by atoms with van der Waals surface area (Å²) >= 11 is 0. The number of aliphatic hydroxyl groups excluding tert-OH is 1. The Bertz CT molecular complexity index is 284. The van der Waals surface area contributed by atoms with Gasteiger partial charge in [0.05, 0.1) is 12.6 Å². The zero-order valence-corrected chi connectivity index (χ0v) is 8.46. The highest BCUT2D eigenvalue weighted by Crippen LogP contribution is 2.21. The lowest BCUT2D eigenvalue weighted by atomic mass is 9.95. The van der Waals surface area contributed by atoms with E-state index in [1.54, 1.807) is 0 Å². The van der Waals surface area contributed by atoms with Gasteiger partial charge in [0.15, 0.2) is 0 Å². The van der Waals surface area contributed by atoms with Crippen molar-refractivity contribution in [1.29, 1.82) is 0 Å². The molecule has 2 heteroatoms. The van der Waals surface area contributed by atoms with Crippen LogP contribution in [0.15, 0.2) is 12.1 Å². The second kappa shape index (κ2) is 3.90. The highest BCUT2D eigenvalue weighted by molar-refractivity contribution is 5.39. The van der Waals surface area contributed by atoms with Crippen LogP contribution >= 0.6 is 0 Å². The number of aliphatic hydroxyl groups is 1. The van der Waals surface area contributed by atoms with Crippen molar-refractivity contribution in [3.05, 3.63) is 34.4 Å². The maximum absolute atomic E-state index is 8.98. The summed E-state index contributed by atoms with van der Waals surface area (Å²) in [5, 5.41) is 8.98. The maximum atomic E-state index is 8.98. The number of benzene rings is 1. The third kappa shape index (κ3) is 2.08. The normalized spacial score (nSPS) is 13.0. The fourth-order valence-corrected chi connectivity index (χ4v) is 1.87. The Morgan fingerprint density at radius 2 is 1.69 bits per heavy atom. The van der Waals surface area contributed by atoms with E-state index in [0.717, 1.165) is 5.56 Å². The van der Waals surface area contributed by atoms with Gasteiger partial charge in [-0.1, -0.05) is 17.7 Å². The number of hydrogen-bond acceptors (Lipinski definition) is 2. The molecule has 0 amide bonds. The van der Waals surface area contributed by atoms with Gasteiger partial charge in [0.2, 0.25) is 0 Å². The van der Waals surface area contributed by atoms with E-state index < -0.39 is 0 Å². The molecule has 1 aromatic rings. The quantitative estimate of drug-likeness (QED) is 0.724. The van der Waals surface area contributed by atoms with Gasteiger partial charge < -0.3 is 10.8 Å². The molecular formula is C11H17NO. The van der Waals surface area contributed by atoms with Crippen molar-refractivity contribution >= 4 is 0 Å². The Morgan fingerprint density at radius 1 is 1.23 bits per heavy atom. The van der Waals surface area contributed by atoms with Crippen LogP contribution in [0.3, 0.4) is 0 Å². The molecule has 1 rings (SSSR count). The van der Waals surface area contributed by atoms with Crippen LogP contribution in [0.25, 0.3) is 0 Å². The van der Waals surface area contributed by atoms with Crippen LogP contribution in [0.1, 0.15) is 28.3 Å². The molecule has 0 aromatic heterocycles. The number of aryl methyl sites for hydroxylation is 3. The van der Waals surface area contributed by atoms with E-state index in [2.05, 4.69) is 19.1 Å². The predicted octanol–water partition coefficient (Wildman–Crippen LogP) is 1.60. The van der Waals surface area contributed by atoms with Crippen LogP contribution in [0, 0.1) is 20.8 Å². The number of hydrogen-bond donors (Lipinski definition) is 2. The van der Waals surface area contributed by atoms with Crippen LogP contribution in [0.4, 0.5) is 0 Å². The van der Waals surface area contributed by atoms with Crippen molar-refractivity contribution in [3.8, 4) is 0 Å². The van der Waals surface area contributed by atoms with Crippen molar-refractivity contribution < 1.29 is 5.11 Å². The second-order valence-electron chi connectivity index (χ2n) is 3.60. The molecule has 0 spiro atoms. The second-order valence-corrected chi connectivity index (χ2v) is 3.60. The SMILES string of the molecule is Cc1cc(C)c(C(N)CO)c(C)c1. The van der Waals surface area contributed by atoms with E-state index in [0.29, 0.717) is 0 Å². The molecule has 1 atom stereocenters. The van der Waals surface area contributed by atoms with E-state index in [1.807, 2.05) is 13.8 Å². The molecule has 13 heavy (non-hydrogen) atoms. The Balaban J connectivity index is 3.20. The third-order valence-electron chi connectivity index (χ3n) is 2.31. The summed E-state index contributed by atoms with van der Waals surface area (Å²) < 4.78 is 0. The molecule has 3 N–H and O–H groups in total. The van der Waals surface area contributed by atoms with Gasteiger partial charge in [0.25, 0.3) is 0 Å². The summed E-state index contributed by atoms with van der Waals surface area (Å²) in [7, 11) is 0. The van der Waals surface area contributed by atoms with Gasteiger partial charge >= 0.3 is 0 Å². The average Bonchev–Trinajstić information content (AvgIpc) is 2.02. The van der Waals surface area contributed by atoms with E-state index >= 15 is 0 Å². The van der Waals surface area contributed by atoms with Gasteiger partial charge in [-0.2, -0.15) is 0 Å². The van der Waals surface area contributed by atoms with Gasteiger partial charge in [-0.05, 0) is 37.5 Å². The lowest BCUT2D eigenvalue weighted by molar-refractivity contribution is 0.267. The van der Waals surface area contributed by atoms with Gasteiger partial charge in [-0.15, -0.1) is 0 Å². The molecule has 0 bridgehead atoms. The summed E-state index contributed by atoms with van der Waals surface area (Å²) in [5.74, 6) is 0. The Labute approximate surface area is 79.4 Å². The molecular weight excluding hydrogens is 162 g/mol. The number of rotatable bonds is 2. The largest absolute Gasteiger partial charge is 0.394 e. The molecule has 72 valence electrons. The first-order valence-corrected chi connectivity index (χ1v) is 4.50. The smallest absolute Gasteiger partial charge is 0.0624 e. The van der Waals surface area contributed by atoms with Crippen LogP contribution in [-0.4, -0.2) is 11.7 Å². The van der Waals surface area contributed by atoms with E-state index in [9.17, 15) is 0 Å². The Morgan fingerprint density at radius 3 is 2.08 bits per heavy atom. The van der Waals surface area contributed by atoms with E-state index in [1.165, 1.54) is 16.7 Å². The van der Waals surface area contributed by atoms with Gasteiger partial charge in [0, 0.05) is 0 Å². The zero-order valence-electron chi connectivity index (χ0n) is 8.46. The van der Waals surface area contributed by atoms with Crippen molar-refractivity contribution in [2.24, 2.45) is 5.73 Å². The van der Waals surface area contributed by atoms with Gasteiger partial charge in [-0.3, -0.25) is 0 Å². The monoisotopic (exact) mass is 179 g/mol. The molecule has 2 nitrogen and oxygen atoms in total. The fraction of sp³-hybridized carbons (Fsp3) is 0.455. The average molecular weight is 179 g/mol. The highest BCUT2D eigenvalue weighted by Gasteiger charge is 2.10. The zero-order chi connectivity index (χ0) is 10.0.